The summed E-state index contributed by atoms with van der Waals surface area (Å²) in [5.74, 6) is 1.69. The summed E-state index contributed by atoms with van der Waals surface area (Å²) in [6.45, 7) is 9.07. The molecule has 7 aromatic rings. The van der Waals surface area contributed by atoms with Crippen molar-refractivity contribution in [1.82, 2.24) is 0 Å². The highest BCUT2D eigenvalue weighted by atomic mass is 35.5. The SMILES string of the molecule is C.C.CN=C(/C=C(\N)c1cc(Cl)cc(Cl)c1)c1ccc2cc(OC)ccc2c1.COc1ccc2cc(/C(C)=N/OCc3ccccc3)ccc2c1.[C-]#[N+]c1cc(Cl)cc(Cl)c1. The number of nitrogens with two attached hydrogens (primary N) is 1. The molecule has 7 nitrogen and oxygen atoms in total. The van der Waals surface area contributed by atoms with Crippen LogP contribution in [0.2, 0.25) is 20.1 Å². The topological polar surface area (TPSA) is 82.8 Å². The van der Waals surface area contributed by atoms with Crippen molar-refractivity contribution in [2.75, 3.05) is 21.3 Å². The second kappa shape index (κ2) is 24.3. The number of halogens is 4. The van der Waals surface area contributed by atoms with Gasteiger partial charge in [-0.15, -0.1) is 0 Å². The third-order valence-electron chi connectivity index (χ3n) is 8.79. The normalized spacial score (nSPS) is 11.1. The van der Waals surface area contributed by atoms with E-state index < -0.39 is 0 Å². The molecule has 0 amide bonds. The molecule has 0 aromatic heterocycles. The number of hydrogen-bond acceptors (Lipinski definition) is 6. The summed E-state index contributed by atoms with van der Waals surface area (Å²) in [6, 6.07) is 44.3. The Morgan fingerprint density at radius 2 is 1.10 bits per heavy atom. The molecule has 0 aliphatic heterocycles. The van der Waals surface area contributed by atoms with Crippen molar-refractivity contribution in [2.45, 2.75) is 28.4 Å². The average molecular weight is 895 g/mol. The molecule has 314 valence electrons. The summed E-state index contributed by atoms with van der Waals surface area (Å²) in [5, 5.41) is 10.8. The van der Waals surface area contributed by atoms with Gasteiger partial charge >= 0.3 is 0 Å². The molecule has 0 fully saturated rings. The summed E-state index contributed by atoms with van der Waals surface area (Å²) in [6.07, 6.45) is 1.83. The average Bonchev–Trinajstić information content (AvgIpc) is 3.24. The van der Waals surface area contributed by atoms with Gasteiger partial charge < -0.3 is 20.0 Å². The van der Waals surface area contributed by atoms with Crippen LogP contribution in [0.5, 0.6) is 11.5 Å². The van der Waals surface area contributed by atoms with Crippen LogP contribution in [0.1, 0.15) is 44.0 Å². The summed E-state index contributed by atoms with van der Waals surface area (Å²) < 4.78 is 10.5. The lowest BCUT2D eigenvalue weighted by atomic mass is 10.0. The van der Waals surface area contributed by atoms with Gasteiger partial charge in [-0.05, 0) is 118 Å². The van der Waals surface area contributed by atoms with E-state index in [0.29, 0.717) is 38.1 Å². The monoisotopic (exact) mass is 892 g/mol. The van der Waals surface area contributed by atoms with Gasteiger partial charge in [0, 0.05) is 44.0 Å². The fourth-order valence-electron chi connectivity index (χ4n) is 5.75. The molecule has 61 heavy (non-hydrogen) atoms. The highest BCUT2D eigenvalue weighted by molar-refractivity contribution is 6.35. The van der Waals surface area contributed by atoms with Crippen molar-refractivity contribution in [3.63, 3.8) is 0 Å². The molecule has 0 aliphatic rings. The Morgan fingerprint density at radius 1 is 0.623 bits per heavy atom. The van der Waals surface area contributed by atoms with Crippen LogP contribution in [-0.2, 0) is 11.4 Å². The summed E-state index contributed by atoms with van der Waals surface area (Å²) in [7, 11) is 5.08. The number of allylic oxidation sites excluding steroid dienone is 1. The minimum atomic E-state index is 0. The molecule has 0 heterocycles. The van der Waals surface area contributed by atoms with E-state index in [-0.39, 0.29) is 14.9 Å². The van der Waals surface area contributed by atoms with Crippen LogP contribution in [0, 0.1) is 6.57 Å². The zero-order chi connectivity index (χ0) is 42.3. The smallest absolute Gasteiger partial charge is 0.190 e. The quantitative estimate of drug-likeness (QED) is 0.0889. The number of benzene rings is 7. The number of ether oxygens (including phenoxy) is 2. The standard InChI is InChI=1S/C21H18Cl2N2O.C20H19NO2.C7H3Cl2N.2CH4/c1-25-21(12-20(24)16-8-17(22)11-18(23)9-16)15-4-3-14-10-19(26-2)6-5-13(14)7-15;1-15(21-23-14-16-6-4-3-5-7-16)17-8-9-19-13-20(22-2)11-10-18(19)12-17;1-10-7-3-5(8)2-6(9)4-7;;/h3-12H,24H2,1-2H3;3-13H,14H2,1-2H3;2-4H;2*1H4/b20-12-,25-21?;21-15+;;;. The predicted octanol–water partition coefficient (Wildman–Crippen LogP) is 15.2. The number of methoxy groups -OCH3 is 2. The molecule has 0 radical (unpaired) electrons. The number of hydrogen-bond donors (Lipinski definition) is 1. The van der Waals surface area contributed by atoms with E-state index in [1.807, 2.05) is 91.9 Å². The van der Waals surface area contributed by atoms with Crippen LogP contribution < -0.4 is 15.2 Å². The fraction of sp³-hybridized carbons (Fsp3) is 0.140. The van der Waals surface area contributed by atoms with Gasteiger partial charge in [0.15, 0.2) is 5.69 Å². The molecular formula is C50H48Cl4N4O3. The number of rotatable bonds is 9. The van der Waals surface area contributed by atoms with Crippen molar-refractivity contribution < 1.29 is 14.3 Å². The van der Waals surface area contributed by atoms with Crippen LogP contribution in [0.25, 0.3) is 32.1 Å². The van der Waals surface area contributed by atoms with Crippen LogP contribution in [0.3, 0.4) is 0 Å². The second-order valence-electron chi connectivity index (χ2n) is 12.9. The molecule has 0 saturated heterocycles. The summed E-state index contributed by atoms with van der Waals surface area (Å²) in [4.78, 5) is 13.0. The summed E-state index contributed by atoms with van der Waals surface area (Å²) >= 11 is 23.3. The van der Waals surface area contributed by atoms with Crippen molar-refractivity contribution in [2.24, 2.45) is 15.9 Å². The Kier molecular flexibility index (Phi) is 19.7. The van der Waals surface area contributed by atoms with Crippen LogP contribution in [-0.4, -0.2) is 32.7 Å². The van der Waals surface area contributed by atoms with Crippen LogP contribution in [0.15, 0.2) is 156 Å². The molecule has 0 bridgehead atoms. The van der Waals surface area contributed by atoms with Gasteiger partial charge in [0.2, 0.25) is 0 Å². The van der Waals surface area contributed by atoms with Gasteiger partial charge in [-0.25, -0.2) is 4.85 Å². The first-order valence-corrected chi connectivity index (χ1v) is 19.6. The Morgan fingerprint density at radius 3 is 1.61 bits per heavy atom. The van der Waals surface area contributed by atoms with E-state index in [2.05, 4.69) is 39.3 Å². The lowest BCUT2D eigenvalue weighted by molar-refractivity contribution is 0.130. The van der Waals surface area contributed by atoms with E-state index in [9.17, 15) is 0 Å². The fourth-order valence-corrected chi connectivity index (χ4v) is 6.79. The first-order chi connectivity index (χ1) is 28.5. The van der Waals surface area contributed by atoms with Gasteiger partial charge in [0.1, 0.15) is 18.1 Å². The molecule has 0 aliphatic carbocycles. The number of oxime groups is 1. The van der Waals surface area contributed by atoms with E-state index in [1.165, 1.54) is 0 Å². The van der Waals surface area contributed by atoms with Crippen molar-refractivity contribution >= 4 is 90.8 Å². The van der Waals surface area contributed by atoms with Crippen LogP contribution >= 0.6 is 46.4 Å². The Bertz CT molecular complexity index is 2650. The van der Waals surface area contributed by atoms with Gasteiger partial charge in [-0.1, -0.05) is 133 Å². The molecule has 0 unspecified atom stereocenters. The maximum absolute atomic E-state index is 6.64. The Balaban J connectivity index is 0.000000261. The lowest BCUT2D eigenvalue weighted by Gasteiger charge is -2.08. The second-order valence-corrected chi connectivity index (χ2v) is 14.6. The predicted molar refractivity (Wildman–Crippen MR) is 262 cm³/mol. The zero-order valence-corrected chi connectivity index (χ0v) is 35.7. The minimum absolute atomic E-state index is 0. The van der Waals surface area contributed by atoms with Crippen molar-refractivity contribution in [3.05, 3.63) is 199 Å². The molecule has 0 spiro atoms. The van der Waals surface area contributed by atoms with Gasteiger partial charge in [-0.2, -0.15) is 0 Å². The first-order valence-electron chi connectivity index (χ1n) is 18.1. The number of fused-ring (bicyclic) bond motifs is 2. The molecular weight excluding hydrogens is 846 g/mol. The minimum Gasteiger partial charge on any atom is -0.497 e. The molecule has 0 saturated carbocycles. The third kappa shape index (κ3) is 14.6. The number of aliphatic imine (C=N–C) groups is 1. The lowest BCUT2D eigenvalue weighted by Crippen LogP contribution is -2.04. The Labute approximate surface area is 379 Å². The van der Waals surface area contributed by atoms with Crippen LogP contribution in [0.4, 0.5) is 5.69 Å². The molecule has 7 aromatic carbocycles. The highest BCUT2D eigenvalue weighted by Crippen LogP contribution is 2.26. The van der Waals surface area contributed by atoms with Crippen molar-refractivity contribution in [1.29, 1.82) is 0 Å². The zero-order valence-electron chi connectivity index (χ0n) is 32.7. The van der Waals surface area contributed by atoms with Gasteiger partial charge in [0.05, 0.1) is 32.2 Å². The largest absolute Gasteiger partial charge is 0.497 e. The maximum Gasteiger partial charge on any atom is 0.190 e. The Hall–Kier alpha value is -6.01. The van der Waals surface area contributed by atoms with E-state index in [4.69, 9.17) is 73.0 Å². The van der Waals surface area contributed by atoms with Crippen molar-refractivity contribution in [3.8, 4) is 11.5 Å². The van der Waals surface area contributed by atoms with E-state index >= 15 is 0 Å². The van der Waals surface area contributed by atoms with E-state index in [0.717, 1.165) is 66.7 Å². The molecule has 11 heteroatoms. The number of nitrogens with zero attached hydrogens (tertiary/aromatic N) is 3. The van der Waals surface area contributed by atoms with E-state index in [1.54, 1.807) is 57.7 Å². The summed E-state index contributed by atoms with van der Waals surface area (Å²) in [5.41, 5.74) is 12.8. The highest BCUT2D eigenvalue weighted by Gasteiger charge is 2.07. The third-order valence-corrected chi connectivity index (χ3v) is 9.66. The maximum atomic E-state index is 6.64. The van der Waals surface area contributed by atoms with Gasteiger partial charge in [-0.3, -0.25) is 4.99 Å². The van der Waals surface area contributed by atoms with Gasteiger partial charge in [0.25, 0.3) is 0 Å². The molecule has 0 atom stereocenters. The molecule has 2 N–H and O–H groups in total. The first kappa shape index (κ1) is 49.4. The molecule has 7 rings (SSSR count).